The first-order valence-corrected chi connectivity index (χ1v) is 13.6. The van der Waals surface area contributed by atoms with Gasteiger partial charge >= 0.3 is 0 Å². The Morgan fingerprint density at radius 3 is 2.52 bits per heavy atom. The molecule has 0 unspecified atom stereocenters. The van der Waals surface area contributed by atoms with E-state index in [4.69, 9.17) is 4.74 Å². The number of carbonyl (C=O) groups excluding carboxylic acids is 1. The first-order valence-electron chi connectivity index (χ1n) is 11.4. The van der Waals surface area contributed by atoms with Gasteiger partial charge in [0.25, 0.3) is 5.91 Å². The van der Waals surface area contributed by atoms with Gasteiger partial charge in [-0.05, 0) is 62.2 Å². The predicted octanol–water partition coefficient (Wildman–Crippen LogP) is 5.29. The fourth-order valence-electron chi connectivity index (χ4n) is 4.29. The highest BCUT2D eigenvalue weighted by molar-refractivity contribution is 7.89. The number of amides is 1. The van der Waals surface area contributed by atoms with Gasteiger partial charge < -0.3 is 4.74 Å². The molecule has 7 nitrogen and oxygen atoms in total. The van der Waals surface area contributed by atoms with Crippen LogP contribution >= 0.6 is 11.3 Å². The second-order valence-corrected chi connectivity index (χ2v) is 11.0. The minimum Gasteiger partial charge on any atom is -0.494 e. The van der Waals surface area contributed by atoms with Crippen LogP contribution in [0.1, 0.15) is 56.3 Å². The van der Waals surface area contributed by atoms with Gasteiger partial charge in [-0.3, -0.25) is 10.1 Å². The Morgan fingerprint density at radius 2 is 1.85 bits per heavy atom. The molecule has 1 heterocycles. The standard InChI is InChI=1S/C24H29N3O4S2/c1-3-27(18-8-6-5-7-9-18)33(29,30)20-13-10-17(11-14-20)23(28)26-24-25-21-15-12-19(31-4-2)16-22(21)32-24/h10-16,18H,3-9H2,1-2H3,(H,25,26,28). The molecule has 176 valence electrons. The molecule has 1 saturated carbocycles. The molecule has 9 heteroatoms. The summed E-state index contributed by atoms with van der Waals surface area (Å²) in [5.41, 5.74) is 1.16. The summed E-state index contributed by atoms with van der Waals surface area (Å²) in [6.07, 6.45) is 5.10. The van der Waals surface area contributed by atoms with E-state index in [-0.39, 0.29) is 16.8 Å². The Hall–Kier alpha value is -2.49. The number of nitrogens with one attached hydrogen (secondary N) is 1. The SMILES string of the molecule is CCOc1ccc2nc(NC(=O)c3ccc(S(=O)(=O)N(CC)C4CCCCC4)cc3)sc2c1. The minimum atomic E-state index is -3.60. The van der Waals surface area contributed by atoms with Crippen molar-refractivity contribution in [3.63, 3.8) is 0 Å². The van der Waals surface area contributed by atoms with Crippen LogP contribution in [-0.2, 0) is 10.0 Å². The van der Waals surface area contributed by atoms with E-state index in [1.807, 2.05) is 32.0 Å². The minimum absolute atomic E-state index is 0.0546. The molecule has 1 amide bonds. The molecule has 0 radical (unpaired) electrons. The molecule has 1 aliphatic rings. The summed E-state index contributed by atoms with van der Waals surface area (Å²) >= 11 is 1.36. The van der Waals surface area contributed by atoms with E-state index in [2.05, 4.69) is 10.3 Å². The van der Waals surface area contributed by atoms with Gasteiger partial charge in [0.2, 0.25) is 10.0 Å². The lowest BCUT2D eigenvalue weighted by Gasteiger charge is -2.32. The van der Waals surface area contributed by atoms with E-state index in [1.165, 1.54) is 29.9 Å². The van der Waals surface area contributed by atoms with Crippen molar-refractivity contribution in [3.8, 4) is 5.75 Å². The van der Waals surface area contributed by atoms with Crippen LogP contribution in [0.4, 0.5) is 5.13 Å². The molecule has 0 aliphatic heterocycles. The summed E-state index contributed by atoms with van der Waals surface area (Å²) in [5.74, 6) is 0.431. The summed E-state index contributed by atoms with van der Waals surface area (Å²) < 4.78 is 34.5. The maximum absolute atomic E-state index is 13.2. The number of ether oxygens (including phenoxy) is 1. The Bertz CT molecular complexity index is 1220. The van der Waals surface area contributed by atoms with E-state index in [1.54, 1.807) is 16.4 Å². The highest BCUT2D eigenvalue weighted by Crippen LogP contribution is 2.30. The third kappa shape index (κ3) is 5.20. The molecule has 4 rings (SSSR count). The molecule has 33 heavy (non-hydrogen) atoms. The van der Waals surface area contributed by atoms with Crippen LogP contribution in [0, 0.1) is 0 Å². The molecule has 0 atom stereocenters. The zero-order valence-corrected chi connectivity index (χ0v) is 20.5. The average Bonchev–Trinajstić information content (AvgIpc) is 3.22. The van der Waals surface area contributed by atoms with E-state index in [9.17, 15) is 13.2 Å². The Labute approximate surface area is 198 Å². The predicted molar refractivity (Wildman–Crippen MR) is 132 cm³/mol. The number of hydrogen-bond donors (Lipinski definition) is 1. The Morgan fingerprint density at radius 1 is 1.12 bits per heavy atom. The number of hydrogen-bond acceptors (Lipinski definition) is 6. The second kappa shape index (κ2) is 10.2. The van der Waals surface area contributed by atoms with Gasteiger partial charge in [0.1, 0.15) is 5.75 Å². The van der Waals surface area contributed by atoms with Crippen LogP contribution in [0.2, 0.25) is 0 Å². The molecule has 2 aromatic carbocycles. The van der Waals surface area contributed by atoms with Crippen LogP contribution in [0.25, 0.3) is 10.2 Å². The third-order valence-corrected chi connectivity index (χ3v) is 8.88. The number of benzene rings is 2. The van der Waals surface area contributed by atoms with E-state index in [0.29, 0.717) is 23.8 Å². The molecule has 3 aromatic rings. The van der Waals surface area contributed by atoms with E-state index < -0.39 is 10.0 Å². The first-order chi connectivity index (χ1) is 15.9. The van der Waals surface area contributed by atoms with Gasteiger partial charge in [-0.1, -0.05) is 37.5 Å². The number of anilines is 1. The number of nitrogens with zero attached hydrogens (tertiary/aromatic N) is 2. The van der Waals surface area contributed by atoms with Gasteiger partial charge in [-0.15, -0.1) is 0 Å². The van der Waals surface area contributed by atoms with Gasteiger partial charge in [-0.2, -0.15) is 4.31 Å². The highest BCUT2D eigenvalue weighted by atomic mass is 32.2. The average molecular weight is 488 g/mol. The molecular weight excluding hydrogens is 458 g/mol. The molecule has 0 saturated heterocycles. The fraction of sp³-hybridized carbons (Fsp3) is 0.417. The molecule has 1 fully saturated rings. The fourth-order valence-corrected chi connectivity index (χ4v) is 6.87. The van der Waals surface area contributed by atoms with Gasteiger partial charge in [0, 0.05) is 18.2 Å². The number of sulfonamides is 1. The quantitative estimate of drug-likeness (QED) is 0.466. The van der Waals surface area contributed by atoms with Crippen LogP contribution in [-0.4, -0.2) is 42.8 Å². The Kier molecular flexibility index (Phi) is 7.31. The molecule has 1 N–H and O–H groups in total. The summed E-state index contributed by atoms with van der Waals surface area (Å²) in [6, 6.07) is 11.8. The maximum Gasteiger partial charge on any atom is 0.257 e. The van der Waals surface area contributed by atoms with E-state index in [0.717, 1.165) is 41.6 Å². The molecule has 1 aromatic heterocycles. The second-order valence-electron chi connectivity index (χ2n) is 8.06. The van der Waals surface area contributed by atoms with Crippen LogP contribution in [0.5, 0.6) is 5.75 Å². The zero-order valence-electron chi connectivity index (χ0n) is 18.9. The molecular formula is C24H29N3O4S2. The lowest BCUT2D eigenvalue weighted by molar-refractivity contribution is 0.102. The van der Waals surface area contributed by atoms with Crippen LogP contribution < -0.4 is 10.1 Å². The summed E-state index contributed by atoms with van der Waals surface area (Å²) in [6.45, 7) is 4.83. The number of thiazole rings is 1. The zero-order chi connectivity index (χ0) is 23.4. The van der Waals surface area contributed by atoms with Crippen molar-refractivity contribution in [3.05, 3.63) is 48.0 Å². The maximum atomic E-state index is 13.2. The van der Waals surface area contributed by atoms with Gasteiger partial charge in [0.05, 0.1) is 21.7 Å². The lowest BCUT2D eigenvalue weighted by Crippen LogP contribution is -2.41. The molecule has 1 aliphatic carbocycles. The summed E-state index contributed by atoms with van der Waals surface area (Å²) in [4.78, 5) is 17.4. The number of fused-ring (bicyclic) bond motifs is 1. The van der Waals surface area contributed by atoms with Gasteiger partial charge in [-0.25, -0.2) is 13.4 Å². The topological polar surface area (TPSA) is 88.6 Å². The van der Waals surface area contributed by atoms with Crippen LogP contribution in [0.15, 0.2) is 47.4 Å². The van der Waals surface area contributed by atoms with Crippen molar-refractivity contribution in [1.82, 2.24) is 9.29 Å². The first kappa shape index (κ1) is 23.7. The number of rotatable bonds is 8. The molecule has 0 bridgehead atoms. The van der Waals surface area contributed by atoms with Crippen molar-refractivity contribution >= 4 is 42.6 Å². The monoisotopic (exact) mass is 487 g/mol. The van der Waals surface area contributed by atoms with Crippen molar-refractivity contribution in [2.75, 3.05) is 18.5 Å². The normalized spacial score (nSPS) is 15.1. The highest BCUT2D eigenvalue weighted by Gasteiger charge is 2.31. The van der Waals surface area contributed by atoms with Crippen molar-refractivity contribution in [2.45, 2.75) is 56.9 Å². The summed E-state index contributed by atoms with van der Waals surface area (Å²) in [5, 5.41) is 3.29. The summed E-state index contributed by atoms with van der Waals surface area (Å²) in [7, 11) is -3.60. The number of carbonyl (C=O) groups is 1. The molecule has 0 spiro atoms. The van der Waals surface area contributed by atoms with E-state index >= 15 is 0 Å². The third-order valence-electron chi connectivity index (χ3n) is 5.91. The number of aromatic nitrogens is 1. The Balaban J connectivity index is 1.48. The largest absolute Gasteiger partial charge is 0.494 e. The van der Waals surface area contributed by atoms with Crippen molar-refractivity contribution in [2.24, 2.45) is 0 Å². The van der Waals surface area contributed by atoms with Crippen LogP contribution in [0.3, 0.4) is 0 Å². The lowest BCUT2D eigenvalue weighted by atomic mass is 9.95. The van der Waals surface area contributed by atoms with Gasteiger partial charge in [0.15, 0.2) is 5.13 Å². The van der Waals surface area contributed by atoms with Crippen molar-refractivity contribution < 1.29 is 17.9 Å². The smallest absolute Gasteiger partial charge is 0.257 e. The van der Waals surface area contributed by atoms with Crippen molar-refractivity contribution in [1.29, 1.82) is 0 Å².